The molecule has 0 N–H and O–H groups in total. The molecule has 16 nitrogen and oxygen atoms in total. The van der Waals surface area contributed by atoms with Crippen molar-refractivity contribution in [1.29, 1.82) is 0 Å². The van der Waals surface area contributed by atoms with Crippen LogP contribution in [0, 0.1) is 0 Å². The molecule has 0 radical (unpaired) electrons. The minimum absolute atomic E-state index is 0.123. The van der Waals surface area contributed by atoms with E-state index >= 15 is 0 Å². The molecule has 1 aliphatic heterocycles. The molecule has 16 heteroatoms. The van der Waals surface area contributed by atoms with Crippen LogP contribution in [-0.2, 0) is 71.5 Å². The van der Waals surface area contributed by atoms with Crippen molar-refractivity contribution in [3.8, 4) is 0 Å². The molecule has 0 bridgehead atoms. The van der Waals surface area contributed by atoms with Crippen molar-refractivity contribution in [2.24, 2.45) is 0 Å². The highest BCUT2D eigenvalue weighted by molar-refractivity contribution is 5.69. The van der Waals surface area contributed by atoms with Crippen LogP contribution in [0.4, 0.5) is 0 Å². The number of hydrogen-bond donors (Lipinski definition) is 0. The van der Waals surface area contributed by atoms with E-state index < -0.39 is 0 Å². The molecule has 1 fully saturated rings. The van der Waals surface area contributed by atoms with Crippen LogP contribution in [0.15, 0.2) is 0 Å². The maximum Gasteiger partial charge on any atom is 0.305 e. The smallest absolute Gasteiger partial charge is 0.305 e. The quantitative estimate of drug-likeness (QED) is 0.167. The van der Waals surface area contributed by atoms with Gasteiger partial charge in [0, 0.05) is 54.1 Å². The first kappa shape index (κ1) is 65.6. The molecule has 1 heterocycles. The number of rotatable bonds is 9. The predicted octanol–water partition coefficient (Wildman–Crippen LogP) is 5.31. The molecule has 0 aromatic carbocycles. The molecule has 0 saturated carbocycles. The summed E-state index contributed by atoms with van der Waals surface area (Å²) in [5, 5.41) is 0. The van der Waals surface area contributed by atoms with Crippen LogP contribution >= 0.6 is 0 Å². The summed E-state index contributed by atoms with van der Waals surface area (Å²) in [5.74, 6) is -1.05. The van der Waals surface area contributed by atoms with E-state index in [-0.39, 0.29) is 35.8 Å². The Balaban J connectivity index is -0.0000000685. The van der Waals surface area contributed by atoms with Gasteiger partial charge in [0.25, 0.3) is 0 Å². The van der Waals surface area contributed by atoms with E-state index in [1.807, 2.05) is 13.8 Å². The van der Waals surface area contributed by atoms with Gasteiger partial charge in [0.15, 0.2) is 0 Å². The number of methoxy groups -OCH3 is 3. The maximum atomic E-state index is 10.2. The van der Waals surface area contributed by atoms with E-state index in [9.17, 15) is 33.6 Å². The molecular formula is C35H73NO15. The molecular weight excluding hydrogens is 674 g/mol. The van der Waals surface area contributed by atoms with Gasteiger partial charge in [0.1, 0.15) is 6.79 Å². The molecule has 1 amide bonds. The van der Waals surface area contributed by atoms with Crippen LogP contribution in [0.5, 0.6) is 0 Å². The Morgan fingerprint density at radius 2 is 0.961 bits per heavy atom. The highest BCUT2D eigenvalue weighted by atomic mass is 16.7. The van der Waals surface area contributed by atoms with Crippen molar-refractivity contribution in [2.75, 3.05) is 75.3 Å². The normalized spacial score (nSPS) is 9.25. The third kappa shape index (κ3) is 131. The highest BCUT2D eigenvalue weighted by Crippen LogP contribution is 1.87. The Bertz CT molecular complexity index is 726. The van der Waals surface area contributed by atoms with Crippen molar-refractivity contribution in [1.82, 2.24) is 4.90 Å². The van der Waals surface area contributed by atoms with E-state index in [1.54, 1.807) is 41.8 Å². The molecule has 1 rings (SSSR count). The largest absolute Gasteiger partial charge is 0.469 e. The van der Waals surface area contributed by atoms with Crippen molar-refractivity contribution in [3.05, 3.63) is 0 Å². The van der Waals surface area contributed by atoms with E-state index in [1.165, 1.54) is 53.4 Å². The highest BCUT2D eigenvalue weighted by Gasteiger charge is 1.94. The molecule has 0 atom stereocenters. The lowest BCUT2D eigenvalue weighted by molar-refractivity contribution is -0.143. The lowest BCUT2D eigenvalue weighted by Crippen LogP contribution is -2.06. The number of amides is 1. The van der Waals surface area contributed by atoms with E-state index in [4.69, 9.17) is 9.47 Å². The Morgan fingerprint density at radius 1 is 0.588 bits per heavy atom. The van der Waals surface area contributed by atoms with E-state index in [0.717, 1.165) is 32.5 Å². The number of ether oxygens (including phenoxy) is 8. The van der Waals surface area contributed by atoms with Crippen LogP contribution in [0.2, 0.25) is 0 Å². The second kappa shape index (κ2) is 64.7. The van der Waals surface area contributed by atoms with Gasteiger partial charge >= 0.3 is 35.8 Å². The molecule has 1 aliphatic rings. The van der Waals surface area contributed by atoms with Crippen LogP contribution in [0.1, 0.15) is 115 Å². The second-order valence-corrected chi connectivity index (χ2v) is 9.09. The predicted molar refractivity (Wildman–Crippen MR) is 196 cm³/mol. The third-order valence-electron chi connectivity index (χ3n) is 3.69. The number of carbonyl (C=O) groups excluding carboxylic acids is 7. The summed E-state index contributed by atoms with van der Waals surface area (Å²) >= 11 is 0. The zero-order valence-electron chi connectivity index (χ0n) is 34.6. The van der Waals surface area contributed by atoms with Gasteiger partial charge in [0.2, 0.25) is 6.41 Å². The van der Waals surface area contributed by atoms with Gasteiger partial charge in [-0.05, 0) is 26.7 Å². The molecule has 0 aliphatic carbocycles. The first-order valence-corrected chi connectivity index (χ1v) is 16.8. The second-order valence-electron chi connectivity index (χ2n) is 9.09. The van der Waals surface area contributed by atoms with Crippen molar-refractivity contribution in [2.45, 2.75) is 115 Å². The topological polar surface area (TPSA) is 197 Å². The fraction of sp³-hybridized carbons (Fsp3) is 0.800. The van der Waals surface area contributed by atoms with Gasteiger partial charge in [0.05, 0.1) is 54.4 Å². The minimum Gasteiger partial charge on any atom is -0.469 e. The van der Waals surface area contributed by atoms with Gasteiger partial charge in [-0.2, -0.15) is 0 Å². The summed E-state index contributed by atoms with van der Waals surface area (Å²) in [5.41, 5.74) is 0. The van der Waals surface area contributed by atoms with Crippen LogP contribution in [0.3, 0.4) is 0 Å². The third-order valence-corrected chi connectivity index (χ3v) is 3.69. The Kier molecular flexibility index (Phi) is 83.2. The molecule has 1 saturated heterocycles. The van der Waals surface area contributed by atoms with Crippen molar-refractivity contribution >= 4 is 42.2 Å². The SMILES string of the molecule is C1COCO1.CCC.CCC(=O)OC.CCCC(=O)OC.CCCOC(C)=O.CCOC(=O)CC.CCOC(C)=O.CN(C)C=O.COC(C)=O. The van der Waals surface area contributed by atoms with Gasteiger partial charge < -0.3 is 42.8 Å². The number of carbonyl (C=O) groups is 7. The van der Waals surface area contributed by atoms with Crippen LogP contribution in [-0.4, -0.2) is 122 Å². The average molecular weight is 748 g/mol. The monoisotopic (exact) mass is 747 g/mol. The van der Waals surface area contributed by atoms with Gasteiger partial charge in [-0.15, -0.1) is 0 Å². The molecule has 51 heavy (non-hydrogen) atoms. The zero-order valence-corrected chi connectivity index (χ0v) is 34.6. The first-order chi connectivity index (χ1) is 23.9. The summed E-state index contributed by atoms with van der Waals surface area (Å²) in [7, 11) is 7.51. The van der Waals surface area contributed by atoms with Crippen LogP contribution in [0.25, 0.3) is 0 Å². The summed E-state index contributed by atoms with van der Waals surface area (Å²) in [6.07, 6.45) is 5.26. The number of nitrogens with zero attached hydrogens (tertiary/aromatic N) is 1. The Labute approximate surface area is 308 Å². The fourth-order valence-corrected chi connectivity index (χ4v) is 1.46. The van der Waals surface area contributed by atoms with E-state index in [0.29, 0.717) is 45.9 Å². The first-order valence-electron chi connectivity index (χ1n) is 16.8. The van der Waals surface area contributed by atoms with Crippen molar-refractivity contribution in [3.63, 3.8) is 0 Å². The van der Waals surface area contributed by atoms with Gasteiger partial charge in [-0.25, -0.2) is 0 Å². The minimum atomic E-state index is -0.245. The Hall–Kier alpha value is -3.79. The molecule has 308 valence electrons. The zero-order chi connectivity index (χ0) is 41.9. The van der Waals surface area contributed by atoms with Crippen LogP contribution < -0.4 is 0 Å². The van der Waals surface area contributed by atoms with E-state index in [2.05, 4.69) is 42.3 Å². The summed E-state index contributed by atoms with van der Waals surface area (Å²) in [6.45, 7) is 23.0. The average Bonchev–Trinajstić information content (AvgIpc) is 3.70. The molecule has 0 spiro atoms. The molecule has 0 unspecified atom stereocenters. The maximum absolute atomic E-state index is 10.2. The Morgan fingerprint density at radius 3 is 1.04 bits per heavy atom. The lowest BCUT2D eigenvalue weighted by Gasteiger charge is -1.93. The van der Waals surface area contributed by atoms with Gasteiger partial charge in [-0.3, -0.25) is 33.6 Å². The fourth-order valence-electron chi connectivity index (χ4n) is 1.46. The number of hydrogen-bond acceptors (Lipinski definition) is 15. The number of esters is 6. The van der Waals surface area contributed by atoms with Gasteiger partial charge in [-0.1, -0.05) is 48.0 Å². The summed E-state index contributed by atoms with van der Waals surface area (Å²) in [6, 6.07) is 0. The summed E-state index contributed by atoms with van der Waals surface area (Å²) in [4.78, 5) is 70.6. The lowest BCUT2D eigenvalue weighted by atomic mass is 10.3. The molecule has 0 aromatic heterocycles. The summed E-state index contributed by atoms with van der Waals surface area (Å²) < 4.78 is 35.7. The molecule has 0 aromatic rings. The standard InChI is InChI=1S/3C5H10O2.2C4H8O2.C3H7NO.2C3H6O2.C3H8/c1-3-4-5(6)7-2;1-3-4-7-5(2)6;1-3-5(6)7-4-2;1-3-4(5)6-2;1-3-6-4(2)5;1-4(2)3-5;1-2-5-3-4-1;1-3(4)5-2;1-3-2/h3*3-4H2,1-2H3;2*3H2,1-2H3;3H,1-2H3;1-3H2;1-2H3;3H2,1-2H3. The van der Waals surface area contributed by atoms with Crippen molar-refractivity contribution < 1.29 is 71.5 Å².